The van der Waals surface area contributed by atoms with Crippen LogP contribution >= 0.6 is 11.3 Å². The number of rotatable bonds is 4. The molecule has 7 nitrogen and oxygen atoms in total. The summed E-state index contributed by atoms with van der Waals surface area (Å²) in [5, 5.41) is 7.11. The van der Waals surface area contributed by atoms with Gasteiger partial charge < -0.3 is 14.8 Å². The molecule has 1 aromatic carbocycles. The summed E-state index contributed by atoms with van der Waals surface area (Å²) in [5.74, 6) is 1.32. The van der Waals surface area contributed by atoms with Gasteiger partial charge in [0, 0.05) is 6.20 Å². The highest BCUT2D eigenvalue weighted by Crippen LogP contribution is 2.31. The smallest absolute Gasteiger partial charge is 0.267 e. The molecule has 0 saturated carbocycles. The Labute approximate surface area is 148 Å². The maximum Gasteiger partial charge on any atom is 0.267 e. The summed E-state index contributed by atoms with van der Waals surface area (Å²) in [5.41, 5.74) is 3.02. The van der Waals surface area contributed by atoms with Gasteiger partial charge in [-0.05, 0) is 19.1 Å². The van der Waals surface area contributed by atoms with Crippen LogP contribution in [0.4, 0.5) is 5.69 Å². The van der Waals surface area contributed by atoms with E-state index >= 15 is 0 Å². The van der Waals surface area contributed by atoms with Gasteiger partial charge in [-0.25, -0.2) is 4.98 Å². The molecule has 0 fully saturated rings. The maximum atomic E-state index is 12.2. The first-order valence-electron chi connectivity index (χ1n) is 7.81. The highest BCUT2D eigenvalue weighted by atomic mass is 32.1. The van der Waals surface area contributed by atoms with Crippen LogP contribution in [0.5, 0.6) is 11.5 Å². The van der Waals surface area contributed by atoms with E-state index in [1.807, 2.05) is 31.2 Å². The Morgan fingerprint density at radius 1 is 1.40 bits per heavy atom. The molecular weight excluding hydrogens is 340 g/mol. The lowest BCUT2D eigenvalue weighted by atomic mass is 10.2. The zero-order valence-electron chi connectivity index (χ0n) is 13.5. The van der Waals surface area contributed by atoms with Crippen molar-refractivity contribution in [3.05, 3.63) is 52.7 Å². The number of hydrogen-bond acceptors (Lipinski definition) is 6. The Bertz CT molecular complexity index is 905. The van der Waals surface area contributed by atoms with Crippen LogP contribution in [-0.2, 0) is 6.54 Å². The molecule has 2 aromatic heterocycles. The zero-order chi connectivity index (χ0) is 17.2. The molecule has 8 heteroatoms. The van der Waals surface area contributed by atoms with Crippen LogP contribution in [0.3, 0.4) is 0 Å². The maximum absolute atomic E-state index is 12.2. The third kappa shape index (κ3) is 3.34. The fraction of sp³-hybridized carbons (Fsp3) is 0.235. The van der Waals surface area contributed by atoms with Crippen LogP contribution in [0.1, 0.15) is 15.4 Å². The second kappa shape index (κ2) is 6.56. The molecular formula is C17H16N4O3S. The number of benzene rings is 1. The summed E-state index contributed by atoms with van der Waals surface area (Å²) in [6.07, 6.45) is 3.26. The molecule has 1 amide bonds. The normalized spacial score (nSPS) is 15.8. The molecule has 1 N–H and O–H groups in total. The topological polar surface area (TPSA) is 78.3 Å². The van der Waals surface area contributed by atoms with E-state index in [0.29, 0.717) is 23.7 Å². The standard InChI is InChI=1S/C17H16N4O3S/c1-11-16(25-10-18-11)17(22)20-12-6-19-21(7-12)8-13-9-23-14-4-2-3-5-15(14)24-13/h2-7,10,13H,8-9H2,1H3,(H,20,22)/t13-/m1/s1. The van der Waals surface area contributed by atoms with Gasteiger partial charge in [-0.3, -0.25) is 9.48 Å². The first-order chi connectivity index (χ1) is 12.2. The number of nitrogens with zero attached hydrogens (tertiary/aromatic N) is 3. The minimum Gasteiger partial charge on any atom is -0.486 e. The number of amides is 1. The van der Waals surface area contributed by atoms with Crippen LogP contribution in [0, 0.1) is 6.92 Å². The minimum atomic E-state index is -0.175. The van der Waals surface area contributed by atoms with Gasteiger partial charge in [-0.1, -0.05) is 12.1 Å². The van der Waals surface area contributed by atoms with Crippen LogP contribution in [0.25, 0.3) is 0 Å². The van der Waals surface area contributed by atoms with E-state index < -0.39 is 0 Å². The lowest BCUT2D eigenvalue weighted by Crippen LogP contribution is -2.33. The van der Waals surface area contributed by atoms with Gasteiger partial charge in [0.2, 0.25) is 0 Å². The van der Waals surface area contributed by atoms with E-state index in [1.165, 1.54) is 11.3 Å². The van der Waals surface area contributed by atoms with Gasteiger partial charge in [-0.15, -0.1) is 11.3 Å². The predicted molar refractivity (Wildman–Crippen MR) is 93.4 cm³/mol. The molecule has 0 unspecified atom stereocenters. The van der Waals surface area contributed by atoms with Gasteiger partial charge in [0.1, 0.15) is 11.5 Å². The molecule has 1 atom stereocenters. The second-order valence-corrected chi connectivity index (χ2v) is 6.52. The van der Waals surface area contributed by atoms with E-state index in [1.54, 1.807) is 22.6 Å². The van der Waals surface area contributed by atoms with Crippen molar-refractivity contribution in [2.45, 2.75) is 19.6 Å². The number of carbonyl (C=O) groups is 1. The fourth-order valence-electron chi connectivity index (χ4n) is 2.60. The monoisotopic (exact) mass is 356 g/mol. The van der Waals surface area contributed by atoms with Crippen LogP contribution in [-0.4, -0.2) is 33.4 Å². The number of ether oxygens (including phenoxy) is 2. The van der Waals surface area contributed by atoms with Crippen LogP contribution in [0.2, 0.25) is 0 Å². The van der Waals surface area contributed by atoms with Crippen molar-refractivity contribution in [1.82, 2.24) is 14.8 Å². The average Bonchev–Trinajstić information content (AvgIpc) is 3.23. The van der Waals surface area contributed by atoms with E-state index in [-0.39, 0.29) is 12.0 Å². The number of aromatic nitrogens is 3. The van der Waals surface area contributed by atoms with Crippen molar-refractivity contribution in [3.63, 3.8) is 0 Å². The highest BCUT2D eigenvalue weighted by Gasteiger charge is 2.21. The number of hydrogen-bond donors (Lipinski definition) is 1. The number of aryl methyl sites for hydroxylation is 1. The highest BCUT2D eigenvalue weighted by molar-refractivity contribution is 7.12. The van der Waals surface area contributed by atoms with E-state index in [4.69, 9.17) is 9.47 Å². The van der Waals surface area contributed by atoms with Crippen molar-refractivity contribution >= 4 is 22.9 Å². The van der Waals surface area contributed by atoms with E-state index in [0.717, 1.165) is 17.2 Å². The van der Waals surface area contributed by atoms with Crippen molar-refractivity contribution in [2.75, 3.05) is 11.9 Å². The largest absolute Gasteiger partial charge is 0.486 e. The Morgan fingerprint density at radius 3 is 3.04 bits per heavy atom. The number of nitrogens with one attached hydrogen (secondary N) is 1. The molecule has 3 heterocycles. The Hall–Kier alpha value is -2.87. The number of carbonyl (C=O) groups excluding carboxylic acids is 1. The number of fused-ring (bicyclic) bond motifs is 1. The molecule has 3 aromatic rings. The van der Waals surface area contributed by atoms with Crippen LogP contribution in [0.15, 0.2) is 42.2 Å². The van der Waals surface area contributed by atoms with Crippen molar-refractivity contribution in [2.24, 2.45) is 0 Å². The number of thiazole rings is 1. The molecule has 4 rings (SSSR count). The van der Waals surface area contributed by atoms with Crippen molar-refractivity contribution in [1.29, 1.82) is 0 Å². The summed E-state index contributed by atoms with van der Waals surface area (Å²) in [4.78, 5) is 16.9. The van der Waals surface area contributed by atoms with Crippen molar-refractivity contribution in [3.8, 4) is 11.5 Å². The fourth-order valence-corrected chi connectivity index (χ4v) is 3.29. The molecule has 0 radical (unpaired) electrons. The van der Waals surface area contributed by atoms with E-state index in [2.05, 4.69) is 15.4 Å². The summed E-state index contributed by atoms with van der Waals surface area (Å²) in [7, 11) is 0. The Kier molecular flexibility index (Phi) is 4.10. The molecule has 0 saturated heterocycles. The molecule has 128 valence electrons. The van der Waals surface area contributed by atoms with Crippen molar-refractivity contribution < 1.29 is 14.3 Å². The number of anilines is 1. The summed E-state index contributed by atoms with van der Waals surface area (Å²) >= 11 is 1.32. The summed E-state index contributed by atoms with van der Waals surface area (Å²) < 4.78 is 13.4. The zero-order valence-corrected chi connectivity index (χ0v) is 14.3. The van der Waals surface area contributed by atoms with Crippen LogP contribution < -0.4 is 14.8 Å². The SMILES string of the molecule is Cc1ncsc1C(=O)Nc1cnn(C[C@@H]2COc3ccccc3O2)c1. The molecule has 0 aliphatic carbocycles. The molecule has 1 aliphatic heterocycles. The molecule has 1 aliphatic rings. The lowest BCUT2D eigenvalue weighted by molar-refractivity contribution is 0.0759. The van der Waals surface area contributed by atoms with Gasteiger partial charge in [-0.2, -0.15) is 5.10 Å². The van der Waals surface area contributed by atoms with Gasteiger partial charge in [0.05, 0.1) is 29.6 Å². The van der Waals surface area contributed by atoms with Gasteiger partial charge in [0.15, 0.2) is 17.6 Å². The first kappa shape index (κ1) is 15.6. The molecule has 0 spiro atoms. The molecule has 25 heavy (non-hydrogen) atoms. The number of para-hydroxylation sites is 2. The predicted octanol–water partition coefficient (Wildman–Crippen LogP) is 2.74. The third-order valence-corrected chi connectivity index (χ3v) is 4.73. The quantitative estimate of drug-likeness (QED) is 0.778. The summed E-state index contributed by atoms with van der Waals surface area (Å²) in [6, 6.07) is 7.59. The third-order valence-electron chi connectivity index (χ3n) is 3.80. The second-order valence-electron chi connectivity index (χ2n) is 5.67. The Morgan fingerprint density at radius 2 is 2.24 bits per heavy atom. The Balaban J connectivity index is 1.39. The lowest BCUT2D eigenvalue weighted by Gasteiger charge is -2.26. The van der Waals surface area contributed by atoms with Gasteiger partial charge in [0.25, 0.3) is 5.91 Å². The first-order valence-corrected chi connectivity index (χ1v) is 8.69. The van der Waals surface area contributed by atoms with E-state index in [9.17, 15) is 4.79 Å². The average molecular weight is 356 g/mol. The molecule has 0 bridgehead atoms. The minimum absolute atomic E-state index is 0.137. The van der Waals surface area contributed by atoms with Gasteiger partial charge >= 0.3 is 0 Å². The summed E-state index contributed by atoms with van der Waals surface area (Å²) in [6.45, 7) is 2.80.